The molecule has 1 rings (SSSR count). The van der Waals surface area contributed by atoms with Gasteiger partial charge in [-0.05, 0) is 29.7 Å². The van der Waals surface area contributed by atoms with Crippen LogP contribution in [0.3, 0.4) is 0 Å². The average Bonchev–Trinajstić information content (AvgIpc) is 1.95. The molecule has 0 unspecified atom stereocenters. The summed E-state index contributed by atoms with van der Waals surface area (Å²) in [6.45, 7) is 1.81. The highest BCUT2D eigenvalue weighted by atomic mass is 15.2. The second-order valence-electron chi connectivity index (χ2n) is 1.72. The molecule has 0 N–H and O–H groups in total. The van der Waals surface area contributed by atoms with Crippen molar-refractivity contribution in [2.24, 2.45) is 5.11 Å². The summed E-state index contributed by atoms with van der Waals surface area (Å²) in [5.74, 6) is 0.299. The molecule has 10 heavy (non-hydrogen) atoms. The van der Waals surface area contributed by atoms with Crippen molar-refractivity contribution in [3.63, 3.8) is 0 Å². The molecular formula is C5H5N5. The standard InChI is InChI=1S/C5H5N5/c1-4-2-3-5(8-7-4)9-10-6/h2-3H,1H3. The van der Waals surface area contributed by atoms with E-state index in [1.165, 1.54) is 0 Å². The molecule has 0 fully saturated rings. The Kier molecular flexibility index (Phi) is 1.82. The monoisotopic (exact) mass is 135 g/mol. The van der Waals surface area contributed by atoms with Crippen LogP contribution in [-0.2, 0) is 0 Å². The van der Waals surface area contributed by atoms with Crippen LogP contribution in [0.4, 0.5) is 5.82 Å². The fourth-order valence-corrected chi connectivity index (χ4v) is 0.491. The SMILES string of the molecule is Cc1ccc(N=[N+]=[N-])nn1. The summed E-state index contributed by atoms with van der Waals surface area (Å²) in [6, 6.07) is 3.35. The van der Waals surface area contributed by atoms with E-state index in [2.05, 4.69) is 20.2 Å². The van der Waals surface area contributed by atoms with Crippen molar-refractivity contribution < 1.29 is 0 Å². The van der Waals surface area contributed by atoms with Gasteiger partial charge in [-0.15, -0.1) is 5.10 Å². The lowest BCUT2D eigenvalue weighted by molar-refractivity contribution is 0.974. The molecule has 0 atom stereocenters. The molecule has 0 saturated heterocycles. The molecule has 1 aromatic rings. The van der Waals surface area contributed by atoms with Crippen LogP contribution in [0, 0.1) is 6.92 Å². The predicted molar refractivity (Wildman–Crippen MR) is 35.6 cm³/mol. The number of hydrogen-bond acceptors (Lipinski definition) is 3. The fourth-order valence-electron chi connectivity index (χ4n) is 0.491. The van der Waals surface area contributed by atoms with Gasteiger partial charge >= 0.3 is 0 Å². The van der Waals surface area contributed by atoms with Gasteiger partial charge in [0.15, 0.2) is 0 Å². The van der Waals surface area contributed by atoms with Gasteiger partial charge in [-0.3, -0.25) is 0 Å². The van der Waals surface area contributed by atoms with E-state index in [0.29, 0.717) is 5.82 Å². The van der Waals surface area contributed by atoms with Crippen LogP contribution in [0.2, 0.25) is 0 Å². The third-order valence-corrected chi connectivity index (χ3v) is 0.931. The summed E-state index contributed by atoms with van der Waals surface area (Å²) in [7, 11) is 0. The van der Waals surface area contributed by atoms with E-state index in [1.54, 1.807) is 12.1 Å². The van der Waals surface area contributed by atoms with Crippen molar-refractivity contribution in [2.75, 3.05) is 0 Å². The minimum Gasteiger partial charge on any atom is -0.156 e. The van der Waals surface area contributed by atoms with Crippen molar-refractivity contribution in [3.05, 3.63) is 28.3 Å². The number of azide groups is 1. The van der Waals surface area contributed by atoms with Gasteiger partial charge in [-0.2, -0.15) is 5.10 Å². The zero-order valence-electron chi connectivity index (χ0n) is 5.39. The Morgan fingerprint density at radius 1 is 1.50 bits per heavy atom. The quantitative estimate of drug-likeness (QED) is 0.334. The van der Waals surface area contributed by atoms with Crippen molar-refractivity contribution in [1.82, 2.24) is 10.2 Å². The largest absolute Gasteiger partial charge is 0.156 e. The Morgan fingerprint density at radius 2 is 2.30 bits per heavy atom. The lowest BCUT2D eigenvalue weighted by Gasteiger charge is -1.88. The smallest absolute Gasteiger partial charge is 0.149 e. The Labute approximate surface area is 57.3 Å². The van der Waals surface area contributed by atoms with Gasteiger partial charge in [-0.25, -0.2) is 0 Å². The van der Waals surface area contributed by atoms with Crippen LogP contribution in [0.5, 0.6) is 0 Å². The molecule has 0 radical (unpaired) electrons. The summed E-state index contributed by atoms with van der Waals surface area (Å²) in [5.41, 5.74) is 8.78. The average molecular weight is 135 g/mol. The van der Waals surface area contributed by atoms with Crippen molar-refractivity contribution in [2.45, 2.75) is 6.92 Å². The molecule has 0 aliphatic carbocycles. The molecule has 5 heteroatoms. The lowest BCUT2D eigenvalue weighted by atomic mass is 10.4. The van der Waals surface area contributed by atoms with Crippen LogP contribution in [0.15, 0.2) is 17.2 Å². The molecule has 0 aliphatic heterocycles. The molecule has 0 aliphatic rings. The van der Waals surface area contributed by atoms with Gasteiger partial charge in [0.05, 0.1) is 5.69 Å². The molecule has 0 aromatic carbocycles. The molecule has 1 heterocycles. The van der Waals surface area contributed by atoms with Crippen LogP contribution in [0.1, 0.15) is 5.69 Å². The first-order chi connectivity index (χ1) is 4.83. The lowest BCUT2D eigenvalue weighted by Crippen LogP contribution is -1.82. The number of aryl methyl sites for hydroxylation is 1. The highest BCUT2D eigenvalue weighted by Gasteiger charge is 1.87. The first-order valence-corrected chi connectivity index (χ1v) is 2.68. The van der Waals surface area contributed by atoms with Crippen LogP contribution >= 0.6 is 0 Å². The highest BCUT2D eigenvalue weighted by Crippen LogP contribution is 2.04. The van der Waals surface area contributed by atoms with Crippen LogP contribution < -0.4 is 0 Å². The second kappa shape index (κ2) is 2.80. The van der Waals surface area contributed by atoms with Gasteiger partial charge in [0.2, 0.25) is 0 Å². The Morgan fingerprint density at radius 3 is 2.80 bits per heavy atom. The molecule has 0 bridgehead atoms. The number of nitrogens with zero attached hydrogens (tertiary/aromatic N) is 5. The first-order valence-electron chi connectivity index (χ1n) is 2.68. The van der Waals surface area contributed by atoms with Gasteiger partial charge in [0.1, 0.15) is 5.82 Å². The van der Waals surface area contributed by atoms with E-state index in [0.717, 1.165) is 5.69 Å². The minimum atomic E-state index is 0.299. The van der Waals surface area contributed by atoms with E-state index in [9.17, 15) is 0 Å². The first kappa shape index (κ1) is 6.51. The molecule has 0 spiro atoms. The van der Waals surface area contributed by atoms with Gasteiger partial charge < -0.3 is 0 Å². The fraction of sp³-hybridized carbons (Fsp3) is 0.200. The van der Waals surface area contributed by atoms with Crippen molar-refractivity contribution in [1.29, 1.82) is 0 Å². The van der Waals surface area contributed by atoms with E-state index in [1.807, 2.05) is 6.92 Å². The summed E-state index contributed by atoms with van der Waals surface area (Å²) < 4.78 is 0. The minimum absolute atomic E-state index is 0.299. The summed E-state index contributed by atoms with van der Waals surface area (Å²) in [6.07, 6.45) is 0. The molecule has 1 aromatic heterocycles. The topological polar surface area (TPSA) is 74.5 Å². The zero-order valence-corrected chi connectivity index (χ0v) is 5.39. The Bertz CT molecular complexity index is 258. The number of rotatable bonds is 1. The van der Waals surface area contributed by atoms with E-state index in [-0.39, 0.29) is 0 Å². The van der Waals surface area contributed by atoms with E-state index < -0.39 is 0 Å². The van der Waals surface area contributed by atoms with Crippen molar-refractivity contribution in [3.8, 4) is 0 Å². The summed E-state index contributed by atoms with van der Waals surface area (Å²) >= 11 is 0. The normalized spacial score (nSPS) is 8.50. The van der Waals surface area contributed by atoms with Crippen LogP contribution in [0.25, 0.3) is 10.4 Å². The summed E-state index contributed by atoms with van der Waals surface area (Å²) in [4.78, 5) is 2.56. The number of hydrogen-bond donors (Lipinski definition) is 0. The molecule has 0 amide bonds. The Balaban J connectivity index is 3.00. The zero-order chi connectivity index (χ0) is 7.40. The second-order valence-corrected chi connectivity index (χ2v) is 1.72. The third kappa shape index (κ3) is 1.43. The maximum atomic E-state index is 7.98. The van der Waals surface area contributed by atoms with Gasteiger partial charge in [-0.1, -0.05) is 0 Å². The molecule has 5 nitrogen and oxygen atoms in total. The highest BCUT2D eigenvalue weighted by molar-refractivity contribution is 5.24. The predicted octanol–water partition coefficient (Wildman–Crippen LogP) is 1.73. The van der Waals surface area contributed by atoms with Gasteiger partial charge in [0.25, 0.3) is 0 Å². The maximum absolute atomic E-state index is 7.98. The van der Waals surface area contributed by atoms with E-state index in [4.69, 9.17) is 5.53 Å². The Hall–Kier alpha value is -1.61. The summed E-state index contributed by atoms with van der Waals surface area (Å²) in [5, 5.41) is 10.5. The van der Waals surface area contributed by atoms with E-state index >= 15 is 0 Å². The number of aromatic nitrogens is 2. The maximum Gasteiger partial charge on any atom is 0.149 e. The van der Waals surface area contributed by atoms with Crippen LogP contribution in [-0.4, -0.2) is 10.2 Å². The van der Waals surface area contributed by atoms with Gasteiger partial charge in [0, 0.05) is 4.91 Å². The van der Waals surface area contributed by atoms with Crippen molar-refractivity contribution >= 4 is 5.82 Å². The molecule has 0 saturated carbocycles. The molecular weight excluding hydrogens is 130 g/mol. The third-order valence-electron chi connectivity index (χ3n) is 0.931. The molecule has 50 valence electrons.